The lowest BCUT2D eigenvalue weighted by atomic mass is 9.85. The summed E-state index contributed by atoms with van der Waals surface area (Å²) in [7, 11) is 0. The van der Waals surface area contributed by atoms with Crippen molar-refractivity contribution in [2.75, 3.05) is 0 Å². The second-order valence-corrected chi connectivity index (χ2v) is 6.87. The fourth-order valence-electron chi connectivity index (χ4n) is 3.88. The largest absolute Gasteiger partial charge is 0.481 e. The van der Waals surface area contributed by atoms with Gasteiger partial charge in [0.1, 0.15) is 5.75 Å². The first-order chi connectivity index (χ1) is 12.7. The third kappa shape index (κ3) is 3.40. The molecule has 0 saturated heterocycles. The van der Waals surface area contributed by atoms with Crippen molar-refractivity contribution < 1.29 is 14.6 Å². The fraction of sp³-hybridized carbons (Fsp3) is 0.273. The normalized spacial score (nSPS) is 15.8. The number of hydrogen-bond donors (Lipinski definition) is 1. The van der Waals surface area contributed by atoms with Crippen LogP contribution in [0.15, 0.2) is 60.7 Å². The maximum Gasteiger partial charge on any atom is 0.311 e. The molecule has 4 nitrogen and oxygen atoms in total. The van der Waals surface area contributed by atoms with Gasteiger partial charge in [0.25, 0.3) is 0 Å². The van der Waals surface area contributed by atoms with Crippen molar-refractivity contribution in [3.05, 3.63) is 66.2 Å². The van der Waals surface area contributed by atoms with Crippen molar-refractivity contribution in [3.8, 4) is 11.6 Å². The van der Waals surface area contributed by atoms with E-state index in [1.165, 1.54) is 0 Å². The van der Waals surface area contributed by atoms with E-state index in [1.54, 1.807) is 0 Å². The van der Waals surface area contributed by atoms with E-state index in [2.05, 4.69) is 4.98 Å². The number of nitrogens with zero attached hydrogens (tertiary/aromatic N) is 1. The summed E-state index contributed by atoms with van der Waals surface area (Å²) in [4.78, 5) is 16.2. The lowest BCUT2D eigenvalue weighted by Crippen LogP contribution is -2.19. The van der Waals surface area contributed by atoms with Crippen LogP contribution in [0.3, 0.4) is 0 Å². The molecule has 0 radical (unpaired) electrons. The van der Waals surface area contributed by atoms with E-state index in [0.717, 1.165) is 42.1 Å². The summed E-state index contributed by atoms with van der Waals surface area (Å²) >= 11 is 0. The number of para-hydroxylation sites is 1. The zero-order valence-electron chi connectivity index (χ0n) is 14.5. The maximum absolute atomic E-state index is 11.7. The van der Waals surface area contributed by atoms with E-state index in [9.17, 15) is 9.90 Å². The minimum Gasteiger partial charge on any atom is -0.481 e. The highest BCUT2D eigenvalue weighted by atomic mass is 16.5. The quantitative estimate of drug-likeness (QED) is 0.672. The summed E-state index contributed by atoms with van der Waals surface area (Å²) in [5.41, 5.74) is 1.73. The molecule has 1 fully saturated rings. The summed E-state index contributed by atoms with van der Waals surface area (Å²) < 4.78 is 5.85. The monoisotopic (exact) mass is 347 g/mol. The van der Waals surface area contributed by atoms with Crippen molar-refractivity contribution >= 4 is 16.9 Å². The van der Waals surface area contributed by atoms with Gasteiger partial charge in [-0.25, -0.2) is 4.98 Å². The van der Waals surface area contributed by atoms with E-state index >= 15 is 0 Å². The molecule has 1 atom stereocenters. The third-order valence-electron chi connectivity index (χ3n) is 5.17. The second-order valence-electron chi connectivity index (χ2n) is 6.87. The summed E-state index contributed by atoms with van der Waals surface area (Å²) in [6, 6.07) is 19.1. The highest BCUT2D eigenvalue weighted by molar-refractivity contribution is 5.79. The van der Waals surface area contributed by atoms with E-state index < -0.39 is 11.9 Å². The molecule has 1 aliphatic rings. The van der Waals surface area contributed by atoms with Gasteiger partial charge in [0.15, 0.2) is 0 Å². The Morgan fingerprint density at radius 2 is 1.73 bits per heavy atom. The van der Waals surface area contributed by atoms with Gasteiger partial charge in [-0.2, -0.15) is 0 Å². The number of pyridine rings is 1. The molecule has 0 bridgehead atoms. The number of ether oxygens (including phenoxy) is 1. The van der Waals surface area contributed by atoms with Crippen molar-refractivity contribution in [1.82, 2.24) is 4.98 Å². The summed E-state index contributed by atoms with van der Waals surface area (Å²) in [5, 5.41) is 10.7. The first kappa shape index (κ1) is 16.6. The SMILES string of the molecule is O=C(O)[C@@H](c1ccc(Oc2ccc3ccccc3n2)cc1)C1CCCC1. The molecular weight excluding hydrogens is 326 g/mol. The van der Waals surface area contributed by atoms with Gasteiger partial charge in [-0.1, -0.05) is 43.2 Å². The van der Waals surface area contributed by atoms with Crippen molar-refractivity contribution in [2.45, 2.75) is 31.6 Å². The van der Waals surface area contributed by atoms with Gasteiger partial charge in [0, 0.05) is 11.5 Å². The Kier molecular flexibility index (Phi) is 4.57. The zero-order chi connectivity index (χ0) is 17.9. The first-order valence-corrected chi connectivity index (χ1v) is 9.07. The number of fused-ring (bicyclic) bond motifs is 1. The molecule has 4 heteroatoms. The topological polar surface area (TPSA) is 59.4 Å². The van der Waals surface area contributed by atoms with Crippen LogP contribution in [-0.4, -0.2) is 16.1 Å². The summed E-state index contributed by atoms with van der Waals surface area (Å²) in [6.45, 7) is 0. The predicted octanol–water partition coefficient (Wildman–Crippen LogP) is 5.39. The number of aliphatic carboxylic acids is 1. The van der Waals surface area contributed by atoms with E-state index in [0.29, 0.717) is 11.6 Å². The molecule has 0 unspecified atom stereocenters. The molecule has 0 spiro atoms. The number of hydrogen-bond acceptors (Lipinski definition) is 3. The Hall–Kier alpha value is -2.88. The van der Waals surface area contributed by atoms with Crippen LogP contribution in [-0.2, 0) is 4.79 Å². The molecule has 2 aromatic carbocycles. The van der Waals surface area contributed by atoms with Crippen LogP contribution >= 0.6 is 0 Å². The molecule has 1 N–H and O–H groups in total. The smallest absolute Gasteiger partial charge is 0.311 e. The molecule has 0 aliphatic heterocycles. The Morgan fingerprint density at radius 1 is 1.00 bits per heavy atom. The number of aromatic nitrogens is 1. The van der Waals surface area contributed by atoms with Gasteiger partial charge in [0.2, 0.25) is 5.88 Å². The molecule has 26 heavy (non-hydrogen) atoms. The van der Waals surface area contributed by atoms with Crippen molar-refractivity contribution in [1.29, 1.82) is 0 Å². The second kappa shape index (κ2) is 7.16. The van der Waals surface area contributed by atoms with Crippen LogP contribution in [0.2, 0.25) is 0 Å². The fourth-order valence-corrected chi connectivity index (χ4v) is 3.88. The van der Waals surface area contributed by atoms with Crippen molar-refractivity contribution in [2.24, 2.45) is 5.92 Å². The lowest BCUT2D eigenvalue weighted by Gasteiger charge is -2.19. The summed E-state index contributed by atoms with van der Waals surface area (Å²) in [6.07, 6.45) is 4.25. The minimum atomic E-state index is -0.734. The zero-order valence-corrected chi connectivity index (χ0v) is 14.5. The van der Waals surface area contributed by atoms with Gasteiger partial charge < -0.3 is 9.84 Å². The van der Waals surface area contributed by atoms with Gasteiger partial charge in [-0.15, -0.1) is 0 Å². The van der Waals surface area contributed by atoms with E-state index in [-0.39, 0.29) is 5.92 Å². The van der Waals surface area contributed by atoms with Gasteiger partial charge in [0.05, 0.1) is 11.4 Å². The summed E-state index contributed by atoms with van der Waals surface area (Å²) in [5.74, 6) is 0.266. The van der Waals surface area contributed by atoms with Crippen LogP contribution in [0.4, 0.5) is 0 Å². The maximum atomic E-state index is 11.7. The molecular formula is C22H21NO3. The number of carboxylic acids is 1. The van der Waals surface area contributed by atoms with Gasteiger partial charge >= 0.3 is 5.97 Å². The molecule has 4 rings (SSSR count). The Bertz CT molecular complexity index is 914. The van der Waals surface area contributed by atoms with Crippen LogP contribution in [0.5, 0.6) is 11.6 Å². The highest BCUT2D eigenvalue weighted by Gasteiger charge is 2.31. The average Bonchev–Trinajstić information content (AvgIpc) is 3.17. The third-order valence-corrected chi connectivity index (χ3v) is 5.17. The first-order valence-electron chi connectivity index (χ1n) is 9.07. The van der Waals surface area contributed by atoms with Crippen molar-refractivity contribution in [3.63, 3.8) is 0 Å². The van der Waals surface area contributed by atoms with E-state index in [1.807, 2.05) is 60.7 Å². The van der Waals surface area contributed by atoms with Crippen LogP contribution < -0.4 is 4.74 Å². The molecule has 1 saturated carbocycles. The van der Waals surface area contributed by atoms with Crippen LogP contribution in [0, 0.1) is 5.92 Å². The Balaban J connectivity index is 1.53. The average molecular weight is 347 g/mol. The van der Waals surface area contributed by atoms with Crippen LogP contribution in [0.25, 0.3) is 10.9 Å². The number of rotatable bonds is 5. The minimum absolute atomic E-state index is 0.237. The van der Waals surface area contributed by atoms with Gasteiger partial charge in [-0.05, 0) is 48.6 Å². The Morgan fingerprint density at radius 3 is 2.46 bits per heavy atom. The molecule has 132 valence electrons. The number of carboxylic acid groups (broad SMARTS) is 1. The van der Waals surface area contributed by atoms with E-state index in [4.69, 9.17) is 4.74 Å². The van der Waals surface area contributed by atoms with Gasteiger partial charge in [-0.3, -0.25) is 4.79 Å². The standard InChI is InChI=1S/C22H21NO3/c24-22(25)21(16-6-1-2-7-16)17-9-12-18(13-10-17)26-20-14-11-15-5-3-4-8-19(15)23-20/h3-5,8-14,16,21H,1-2,6-7H2,(H,24,25)/t21-/m1/s1. The van der Waals surface area contributed by atoms with Crippen LogP contribution in [0.1, 0.15) is 37.2 Å². The molecule has 1 heterocycles. The Labute approximate surface area is 152 Å². The molecule has 0 amide bonds. The predicted molar refractivity (Wildman–Crippen MR) is 101 cm³/mol. The number of benzene rings is 2. The molecule has 1 aromatic heterocycles. The molecule has 1 aliphatic carbocycles. The highest BCUT2D eigenvalue weighted by Crippen LogP contribution is 2.38. The lowest BCUT2D eigenvalue weighted by molar-refractivity contribution is -0.140. The molecule has 3 aromatic rings. The number of carbonyl (C=O) groups is 1.